The first-order valence-electron chi connectivity index (χ1n) is 8.90. The van der Waals surface area contributed by atoms with E-state index in [9.17, 15) is 19.7 Å². The summed E-state index contributed by atoms with van der Waals surface area (Å²) in [5.41, 5.74) is 1.26. The molecule has 0 spiro atoms. The van der Waals surface area contributed by atoms with E-state index in [1.165, 1.54) is 18.5 Å². The number of nitro groups is 1. The number of hydrogen-bond acceptors (Lipinski definition) is 6. The van der Waals surface area contributed by atoms with Gasteiger partial charge in [0.15, 0.2) is 6.10 Å². The molecule has 8 heteroatoms. The average molecular weight is 393 g/mol. The van der Waals surface area contributed by atoms with Gasteiger partial charge in [-0.15, -0.1) is 0 Å². The van der Waals surface area contributed by atoms with Gasteiger partial charge in [-0.3, -0.25) is 24.4 Å². The molecule has 1 aromatic heterocycles. The molecular weight excluding hydrogens is 374 g/mol. The summed E-state index contributed by atoms with van der Waals surface area (Å²) >= 11 is 0. The minimum atomic E-state index is -1.13. The Morgan fingerprint density at radius 3 is 2.21 bits per heavy atom. The van der Waals surface area contributed by atoms with Gasteiger partial charge in [-0.1, -0.05) is 60.7 Å². The minimum Gasteiger partial charge on any atom is -0.448 e. The largest absolute Gasteiger partial charge is 0.448 e. The Morgan fingerprint density at radius 2 is 1.66 bits per heavy atom. The SMILES string of the molecule is Cc1nn(CC(=O)O[C@H](C(=O)c2ccccc2)c2ccccc2)c(C)c1[N+](=O)[O-]. The van der Waals surface area contributed by atoms with Gasteiger partial charge in [0.05, 0.1) is 4.92 Å². The normalized spacial score (nSPS) is 11.7. The van der Waals surface area contributed by atoms with Gasteiger partial charge in [0, 0.05) is 11.1 Å². The van der Waals surface area contributed by atoms with Crippen molar-refractivity contribution >= 4 is 17.4 Å². The Bertz CT molecular complexity index is 1040. The van der Waals surface area contributed by atoms with Crippen molar-refractivity contribution < 1.29 is 19.2 Å². The Kier molecular flexibility index (Phi) is 5.82. The van der Waals surface area contributed by atoms with Gasteiger partial charge >= 0.3 is 11.7 Å². The molecule has 0 fully saturated rings. The second kappa shape index (κ2) is 8.47. The molecule has 3 aromatic rings. The van der Waals surface area contributed by atoms with Crippen LogP contribution >= 0.6 is 0 Å². The summed E-state index contributed by atoms with van der Waals surface area (Å²) in [6.07, 6.45) is -1.13. The van der Waals surface area contributed by atoms with Crippen LogP contribution in [0.3, 0.4) is 0 Å². The number of Topliss-reactive ketones (excluding diaryl/α,β-unsaturated/α-hetero) is 1. The van der Waals surface area contributed by atoms with E-state index in [1.54, 1.807) is 60.7 Å². The van der Waals surface area contributed by atoms with Crippen molar-refractivity contribution in [2.24, 2.45) is 0 Å². The molecule has 0 aliphatic heterocycles. The molecule has 3 rings (SSSR count). The van der Waals surface area contributed by atoms with E-state index in [2.05, 4.69) is 5.10 Å². The predicted octanol–water partition coefficient (Wildman–Crippen LogP) is 3.58. The molecular formula is C21H19N3O5. The number of rotatable bonds is 7. The van der Waals surface area contributed by atoms with E-state index in [4.69, 9.17) is 4.74 Å². The van der Waals surface area contributed by atoms with E-state index in [0.717, 1.165) is 0 Å². The van der Waals surface area contributed by atoms with Gasteiger partial charge in [0.25, 0.3) is 0 Å². The van der Waals surface area contributed by atoms with E-state index in [-0.39, 0.29) is 29.4 Å². The van der Waals surface area contributed by atoms with Gasteiger partial charge < -0.3 is 4.74 Å². The van der Waals surface area contributed by atoms with E-state index < -0.39 is 17.0 Å². The topological polar surface area (TPSA) is 104 Å². The highest BCUT2D eigenvalue weighted by atomic mass is 16.6. The molecule has 0 bridgehead atoms. The maximum atomic E-state index is 13.0. The first-order valence-corrected chi connectivity index (χ1v) is 8.90. The number of carbonyl (C=O) groups is 2. The minimum absolute atomic E-state index is 0.141. The molecule has 8 nitrogen and oxygen atoms in total. The molecule has 0 unspecified atom stereocenters. The summed E-state index contributed by atoms with van der Waals surface area (Å²) in [5, 5.41) is 15.2. The quantitative estimate of drug-likeness (QED) is 0.263. The van der Waals surface area contributed by atoms with Gasteiger partial charge in [0.1, 0.15) is 17.9 Å². The van der Waals surface area contributed by atoms with E-state index in [1.807, 2.05) is 0 Å². The molecule has 0 aliphatic carbocycles. The number of esters is 1. The van der Waals surface area contributed by atoms with Crippen molar-refractivity contribution in [3.8, 4) is 0 Å². The molecule has 0 amide bonds. The highest BCUT2D eigenvalue weighted by Crippen LogP contribution is 2.25. The average Bonchev–Trinajstić information content (AvgIpc) is 3.00. The number of carbonyl (C=O) groups excluding carboxylic acids is 2. The number of aromatic nitrogens is 2. The number of ether oxygens (including phenoxy) is 1. The zero-order chi connectivity index (χ0) is 21.0. The number of aryl methyl sites for hydroxylation is 1. The fourth-order valence-electron chi connectivity index (χ4n) is 3.05. The van der Waals surface area contributed by atoms with Crippen molar-refractivity contribution in [3.63, 3.8) is 0 Å². The first kappa shape index (κ1) is 19.9. The molecule has 0 N–H and O–H groups in total. The van der Waals surface area contributed by atoms with Crippen LogP contribution in [0.1, 0.15) is 33.4 Å². The Labute approximate surface area is 166 Å². The van der Waals surface area contributed by atoms with Crippen LogP contribution in [-0.2, 0) is 16.1 Å². The molecule has 0 saturated carbocycles. The lowest BCUT2D eigenvalue weighted by Gasteiger charge is -2.17. The second-order valence-electron chi connectivity index (χ2n) is 6.45. The number of hydrogen-bond donors (Lipinski definition) is 0. The maximum absolute atomic E-state index is 13.0. The third kappa shape index (κ3) is 4.37. The zero-order valence-electron chi connectivity index (χ0n) is 15.9. The third-order valence-corrected chi connectivity index (χ3v) is 4.45. The van der Waals surface area contributed by atoms with Crippen LogP contribution in [-0.4, -0.2) is 26.5 Å². The molecule has 0 saturated heterocycles. The highest BCUT2D eigenvalue weighted by molar-refractivity contribution is 6.00. The van der Waals surface area contributed by atoms with Gasteiger partial charge in [0.2, 0.25) is 5.78 Å². The van der Waals surface area contributed by atoms with Crippen molar-refractivity contribution in [1.29, 1.82) is 0 Å². The standard InChI is InChI=1S/C21H19N3O5/c1-14-19(24(27)28)15(2)23(22-14)13-18(25)29-21(17-11-7-4-8-12-17)20(26)16-9-5-3-6-10-16/h3-12,21H,13H2,1-2H3/t21-/m0/s1. The Balaban J connectivity index is 1.85. The van der Waals surface area contributed by atoms with Gasteiger partial charge in [-0.2, -0.15) is 5.10 Å². The lowest BCUT2D eigenvalue weighted by Crippen LogP contribution is -2.23. The van der Waals surface area contributed by atoms with Crippen LogP contribution in [0.2, 0.25) is 0 Å². The molecule has 0 aliphatic rings. The molecule has 29 heavy (non-hydrogen) atoms. The van der Waals surface area contributed by atoms with Crippen molar-refractivity contribution in [1.82, 2.24) is 9.78 Å². The smallest absolute Gasteiger partial charge is 0.328 e. The van der Waals surface area contributed by atoms with E-state index in [0.29, 0.717) is 11.1 Å². The fourth-order valence-corrected chi connectivity index (χ4v) is 3.05. The maximum Gasteiger partial charge on any atom is 0.328 e. The lowest BCUT2D eigenvalue weighted by atomic mass is 10.00. The van der Waals surface area contributed by atoms with Crippen molar-refractivity contribution in [2.45, 2.75) is 26.5 Å². The fraction of sp³-hybridized carbons (Fsp3) is 0.190. The van der Waals surface area contributed by atoms with Crippen LogP contribution in [0.5, 0.6) is 0 Å². The lowest BCUT2D eigenvalue weighted by molar-refractivity contribution is -0.386. The van der Waals surface area contributed by atoms with Crippen LogP contribution < -0.4 is 0 Å². The van der Waals surface area contributed by atoms with Gasteiger partial charge in [-0.05, 0) is 13.8 Å². The predicted molar refractivity (Wildman–Crippen MR) is 104 cm³/mol. The summed E-state index contributed by atoms with van der Waals surface area (Å²) in [6.45, 7) is 2.67. The van der Waals surface area contributed by atoms with Crippen molar-refractivity contribution in [2.75, 3.05) is 0 Å². The summed E-state index contributed by atoms with van der Waals surface area (Å²) in [7, 11) is 0. The van der Waals surface area contributed by atoms with Crippen LogP contribution in [0.25, 0.3) is 0 Å². The number of benzene rings is 2. The molecule has 2 aromatic carbocycles. The van der Waals surface area contributed by atoms with E-state index >= 15 is 0 Å². The van der Waals surface area contributed by atoms with Crippen LogP contribution in [0.15, 0.2) is 60.7 Å². The third-order valence-electron chi connectivity index (χ3n) is 4.45. The Morgan fingerprint density at radius 1 is 1.07 bits per heavy atom. The Hall–Kier alpha value is -3.81. The zero-order valence-corrected chi connectivity index (χ0v) is 15.9. The van der Waals surface area contributed by atoms with Crippen LogP contribution in [0.4, 0.5) is 5.69 Å². The highest BCUT2D eigenvalue weighted by Gasteiger charge is 2.28. The summed E-state index contributed by atoms with van der Waals surface area (Å²) in [6, 6.07) is 17.2. The van der Waals surface area contributed by atoms with Gasteiger partial charge in [-0.25, -0.2) is 0 Å². The summed E-state index contributed by atoms with van der Waals surface area (Å²) in [5.74, 6) is -1.08. The first-order chi connectivity index (χ1) is 13.9. The second-order valence-corrected chi connectivity index (χ2v) is 6.45. The van der Waals surface area contributed by atoms with Crippen LogP contribution in [0, 0.1) is 24.0 Å². The molecule has 148 valence electrons. The summed E-state index contributed by atoms with van der Waals surface area (Å²) in [4.78, 5) is 36.1. The monoisotopic (exact) mass is 393 g/mol. The number of ketones is 1. The molecule has 1 heterocycles. The molecule has 1 atom stereocenters. The molecule has 0 radical (unpaired) electrons. The van der Waals surface area contributed by atoms with Crippen molar-refractivity contribution in [3.05, 3.63) is 93.3 Å². The number of nitrogens with zero attached hydrogens (tertiary/aromatic N) is 3. The summed E-state index contributed by atoms with van der Waals surface area (Å²) < 4.78 is 6.72.